The highest BCUT2D eigenvalue weighted by Crippen LogP contribution is 2.18. The summed E-state index contributed by atoms with van der Waals surface area (Å²) in [7, 11) is -2.34. The Kier molecular flexibility index (Phi) is 6.72. The van der Waals surface area contributed by atoms with Crippen molar-refractivity contribution in [1.82, 2.24) is 9.62 Å². The fourth-order valence-corrected chi connectivity index (χ4v) is 4.66. The second-order valence-electron chi connectivity index (χ2n) is 6.81. The maximum Gasteiger partial charge on any atom is 0.337 e. The molecule has 0 amide bonds. The number of piperidine rings is 1. The molecule has 0 radical (unpaired) electrons. The van der Waals surface area contributed by atoms with E-state index in [0.717, 1.165) is 37.5 Å². The van der Waals surface area contributed by atoms with E-state index in [0.29, 0.717) is 5.56 Å². The van der Waals surface area contributed by atoms with Crippen molar-refractivity contribution in [3.8, 4) is 0 Å². The monoisotopic (exact) mass is 422 g/mol. The normalized spacial score (nSPS) is 16.1. The number of nitrogens with one attached hydrogen (secondary N) is 1. The van der Waals surface area contributed by atoms with E-state index in [4.69, 9.17) is 11.6 Å². The zero-order valence-electron chi connectivity index (χ0n) is 15.6. The molecule has 0 saturated carbocycles. The van der Waals surface area contributed by atoms with Gasteiger partial charge in [0.1, 0.15) is 0 Å². The number of methoxy groups -OCH3 is 1. The van der Waals surface area contributed by atoms with Crippen LogP contribution in [-0.4, -0.2) is 45.5 Å². The molecule has 0 bridgehead atoms. The molecule has 0 aliphatic carbocycles. The standard InChI is InChI=1S/C20H23ClN2O4S/c1-27-20(24)16-4-8-19(9-5-16)28(25,26)22-18-10-12-23(13-11-18)14-15-2-6-17(21)7-3-15/h2-9,18,22H,10-14H2,1H3. The number of esters is 1. The second-order valence-corrected chi connectivity index (χ2v) is 8.96. The van der Waals surface area contributed by atoms with Gasteiger partial charge in [-0.05, 0) is 54.8 Å². The molecule has 8 heteroatoms. The van der Waals surface area contributed by atoms with E-state index >= 15 is 0 Å². The number of hydrogen-bond donors (Lipinski definition) is 1. The van der Waals surface area contributed by atoms with Crippen LogP contribution in [0.15, 0.2) is 53.4 Å². The van der Waals surface area contributed by atoms with Crippen LogP contribution >= 0.6 is 11.6 Å². The molecule has 3 rings (SSSR count). The Morgan fingerprint density at radius 1 is 1.11 bits per heavy atom. The maximum absolute atomic E-state index is 12.6. The van der Waals surface area contributed by atoms with Crippen LogP contribution < -0.4 is 4.72 Å². The first-order chi connectivity index (χ1) is 13.4. The number of likely N-dealkylation sites (tertiary alicyclic amines) is 1. The summed E-state index contributed by atoms with van der Waals surface area (Å²) < 4.78 is 32.6. The molecule has 2 aromatic carbocycles. The van der Waals surface area contributed by atoms with Gasteiger partial charge in [0.25, 0.3) is 0 Å². The summed E-state index contributed by atoms with van der Waals surface area (Å²) in [6.07, 6.45) is 1.49. The summed E-state index contributed by atoms with van der Waals surface area (Å²) in [5, 5.41) is 0.719. The second kappa shape index (κ2) is 9.05. The van der Waals surface area contributed by atoms with Crippen molar-refractivity contribution in [2.75, 3.05) is 20.2 Å². The smallest absolute Gasteiger partial charge is 0.337 e. The molecule has 1 heterocycles. The van der Waals surface area contributed by atoms with Gasteiger partial charge < -0.3 is 4.74 Å². The van der Waals surface area contributed by atoms with E-state index in [9.17, 15) is 13.2 Å². The highest BCUT2D eigenvalue weighted by atomic mass is 35.5. The molecule has 0 unspecified atom stereocenters. The molecule has 6 nitrogen and oxygen atoms in total. The maximum atomic E-state index is 12.6. The van der Waals surface area contributed by atoms with E-state index in [1.807, 2.05) is 24.3 Å². The number of hydrogen-bond acceptors (Lipinski definition) is 5. The fourth-order valence-electron chi connectivity index (χ4n) is 3.23. The Morgan fingerprint density at radius 3 is 2.29 bits per heavy atom. The molecule has 1 saturated heterocycles. The van der Waals surface area contributed by atoms with E-state index in [-0.39, 0.29) is 10.9 Å². The number of nitrogens with zero attached hydrogens (tertiary/aromatic N) is 1. The number of sulfonamides is 1. The van der Waals surface area contributed by atoms with Gasteiger partial charge in [-0.15, -0.1) is 0 Å². The van der Waals surface area contributed by atoms with Gasteiger partial charge in [0.2, 0.25) is 10.0 Å². The van der Waals surface area contributed by atoms with Crippen LogP contribution in [0, 0.1) is 0 Å². The predicted molar refractivity (Wildman–Crippen MR) is 108 cm³/mol. The lowest BCUT2D eigenvalue weighted by Crippen LogP contribution is -2.44. The summed E-state index contributed by atoms with van der Waals surface area (Å²) in [5.41, 5.74) is 1.51. The molecule has 1 N–H and O–H groups in total. The number of benzene rings is 2. The first-order valence-electron chi connectivity index (χ1n) is 9.05. The molecule has 1 aliphatic heterocycles. The van der Waals surface area contributed by atoms with E-state index in [2.05, 4.69) is 14.4 Å². The lowest BCUT2D eigenvalue weighted by atomic mass is 10.1. The topological polar surface area (TPSA) is 75.7 Å². The van der Waals surface area contributed by atoms with Crippen LogP contribution in [-0.2, 0) is 21.3 Å². The third-order valence-corrected chi connectivity index (χ3v) is 6.60. The van der Waals surface area contributed by atoms with Crippen molar-refractivity contribution in [2.24, 2.45) is 0 Å². The molecular weight excluding hydrogens is 400 g/mol. The van der Waals surface area contributed by atoms with Crippen LogP contribution in [0.25, 0.3) is 0 Å². The third-order valence-electron chi connectivity index (χ3n) is 4.81. The first-order valence-corrected chi connectivity index (χ1v) is 10.9. The van der Waals surface area contributed by atoms with Crippen LogP contribution in [0.5, 0.6) is 0 Å². The first kappa shape index (κ1) is 20.8. The average molecular weight is 423 g/mol. The number of carbonyl (C=O) groups excluding carboxylic acids is 1. The van der Waals surface area contributed by atoms with Crippen molar-refractivity contribution in [1.29, 1.82) is 0 Å². The van der Waals surface area contributed by atoms with Gasteiger partial charge in [-0.2, -0.15) is 0 Å². The fraction of sp³-hybridized carbons (Fsp3) is 0.350. The lowest BCUT2D eigenvalue weighted by molar-refractivity contribution is 0.0600. The molecule has 1 fully saturated rings. The van der Waals surface area contributed by atoms with Gasteiger partial charge in [-0.25, -0.2) is 17.9 Å². The van der Waals surface area contributed by atoms with Gasteiger partial charge in [0.05, 0.1) is 17.6 Å². The summed E-state index contributed by atoms with van der Waals surface area (Å²) in [6, 6.07) is 13.4. The van der Waals surface area contributed by atoms with Crippen LogP contribution in [0.3, 0.4) is 0 Å². The molecular formula is C20H23ClN2O4S. The Labute approximate surface area is 170 Å². The minimum Gasteiger partial charge on any atom is -0.465 e. The van der Waals surface area contributed by atoms with Crippen molar-refractivity contribution < 1.29 is 17.9 Å². The van der Waals surface area contributed by atoms with Crippen molar-refractivity contribution in [2.45, 2.75) is 30.3 Å². The SMILES string of the molecule is COC(=O)c1ccc(S(=O)(=O)NC2CCN(Cc3ccc(Cl)cc3)CC2)cc1. The molecule has 28 heavy (non-hydrogen) atoms. The third kappa shape index (κ3) is 5.32. The summed E-state index contributed by atoms with van der Waals surface area (Å²) in [6.45, 7) is 2.46. The Bertz CT molecular complexity index is 906. The number of ether oxygens (including phenoxy) is 1. The predicted octanol–water partition coefficient (Wildman–Crippen LogP) is 3.07. The quantitative estimate of drug-likeness (QED) is 0.724. The highest BCUT2D eigenvalue weighted by molar-refractivity contribution is 7.89. The van der Waals surface area contributed by atoms with E-state index in [1.165, 1.54) is 36.9 Å². The molecule has 0 spiro atoms. The lowest BCUT2D eigenvalue weighted by Gasteiger charge is -2.32. The summed E-state index contributed by atoms with van der Waals surface area (Å²) in [4.78, 5) is 13.9. The highest BCUT2D eigenvalue weighted by Gasteiger charge is 2.25. The van der Waals surface area contributed by atoms with Crippen molar-refractivity contribution in [3.63, 3.8) is 0 Å². The number of halogens is 1. The van der Waals surface area contributed by atoms with Crippen LogP contribution in [0.4, 0.5) is 0 Å². The largest absolute Gasteiger partial charge is 0.465 e. The Morgan fingerprint density at radius 2 is 1.71 bits per heavy atom. The van der Waals surface area contributed by atoms with Gasteiger partial charge in [0, 0.05) is 30.7 Å². The molecule has 2 aromatic rings. The molecule has 1 aliphatic rings. The van der Waals surface area contributed by atoms with Crippen LogP contribution in [0.1, 0.15) is 28.8 Å². The molecule has 150 valence electrons. The van der Waals surface area contributed by atoms with E-state index in [1.54, 1.807) is 0 Å². The Hall–Kier alpha value is -1.93. The number of rotatable bonds is 6. The minimum absolute atomic E-state index is 0.105. The Balaban J connectivity index is 1.54. The zero-order chi connectivity index (χ0) is 20.1. The van der Waals surface area contributed by atoms with Gasteiger partial charge >= 0.3 is 5.97 Å². The van der Waals surface area contributed by atoms with Crippen LogP contribution in [0.2, 0.25) is 5.02 Å². The van der Waals surface area contributed by atoms with Gasteiger partial charge in [-0.1, -0.05) is 23.7 Å². The molecule has 0 aromatic heterocycles. The summed E-state index contributed by atoms with van der Waals surface area (Å²) in [5.74, 6) is -0.495. The van der Waals surface area contributed by atoms with Gasteiger partial charge in [0.15, 0.2) is 0 Å². The summed E-state index contributed by atoms with van der Waals surface area (Å²) >= 11 is 5.92. The van der Waals surface area contributed by atoms with Crippen molar-refractivity contribution in [3.05, 3.63) is 64.7 Å². The van der Waals surface area contributed by atoms with E-state index < -0.39 is 16.0 Å². The van der Waals surface area contributed by atoms with Crippen molar-refractivity contribution >= 4 is 27.6 Å². The average Bonchev–Trinajstić information content (AvgIpc) is 2.70. The molecule has 0 atom stereocenters. The number of carbonyl (C=O) groups is 1. The minimum atomic E-state index is -3.63. The zero-order valence-corrected chi connectivity index (χ0v) is 17.2. The van der Waals surface area contributed by atoms with Gasteiger partial charge in [-0.3, -0.25) is 4.90 Å².